The number of aryl methyl sites for hydroxylation is 2. The van der Waals surface area contributed by atoms with Crippen molar-refractivity contribution >= 4 is 33.3 Å². The standard InChI is InChI=1S/C26H28N2O5S/c1-5-33-26(30)22-11-6-7-12-23(22)27-25(29)21-15-13-20(14-16-21)17-28(34(4,31)32)24-18(2)9-8-10-19(24)3/h6-16H,5,17H2,1-4H3,(H,27,29). The number of hydrogen-bond donors (Lipinski definition) is 1. The third-order valence-corrected chi connectivity index (χ3v) is 6.41. The summed E-state index contributed by atoms with van der Waals surface area (Å²) in [5.74, 6) is -0.904. The van der Waals surface area contributed by atoms with Gasteiger partial charge in [-0.1, -0.05) is 42.5 Å². The Labute approximate surface area is 200 Å². The highest BCUT2D eigenvalue weighted by Gasteiger charge is 2.22. The molecule has 34 heavy (non-hydrogen) atoms. The van der Waals surface area contributed by atoms with E-state index in [-0.39, 0.29) is 18.7 Å². The van der Waals surface area contributed by atoms with E-state index in [1.807, 2.05) is 32.0 Å². The van der Waals surface area contributed by atoms with Crippen LogP contribution >= 0.6 is 0 Å². The van der Waals surface area contributed by atoms with Gasteiger partial charge < -0.3 is 10.1 Å². The van der Waals surface area contributed by atoms with Crippen LogP contribution in [0.5, 0.6) is 0 Å². The summed E-state index contributed by atoms with van der Waals surface area (Å²) in [7, 11) is -3.54. The summed E-state index contributed by atoms with van der Waals surface area (Å²) in [5, 5.41) is 2.75. The van der Waals surface area contributed by atoms with E-state index in [1.54, 1.807) is 55.5 Å². The fourth-order valence-corrected chi connectivity index (χ4v) is 4.67. The summed E-state index contributed by atoms with van der Waals surface area (Å²) in [6, 6.07) is 19.0. The molecule has 0 aromatic heterocycles. The van der Waals surface area contributed by atoms with Crippen LogP contribution in [0.25, 0.3) is 0 Å². The number of sulfonamides is 1. The summed E-state index contributed by atoms with van der Waals surface area (Å²) < 4.78 is 31.6. The molecule has 0 aliphatic heterocycles. The maximum atomic E-state index is 12.8. The molecule has 0 spiro atoms. The van der Waals surface area contributed by atoms with Crippen molar-refractivity contribution < 1.29 is 22.7 Å². The van der Waals surface area contributed by atoms with E-state index in [9.17, 15) is 18.0 Å². The third kappa shape index (κ3) is 5.82. The second-order valence-corrected chi connectivity index (χ2v) is 9.83. The van der Waals surface area contributed by atoms with Crippen molar-refractivity contribution in [3.63, 3.8) is 0 Å². The number of esters is 1. The van der Waals surface area contributed by atoms with Gasteiger partial charge in [0.2, 0.25) is 10.0 Å². The number of anilines is 2. The van der Waals surface area contributed by atoms with Gasteiger partial charge in [0, 0.05) is 5.56 Å². The second-order valence-electron chi connectivity index (χ2n) is 7.93. The van der Waals surface area contributed by atoms with Gasteiger partial charge in [0.05, 0.1) is 36.3 Å². The summed E-state index contributed by atoms with van der Waals surface area (Å²) >= 11 is 0. The van der Waals surface area contributed by atoms with E-state index in [2.05, 4.69) is 5.32 Å². The first kappa shape index (κ1) is 25.0. The molecule has 0 aliphatic carbocycles. The number of para-hydroxylation sites is 2. The van der Waals surface area contributed by atoms with Gasteiger partial charge in [-0.15, -0.1) is 0 Å². The fourth-order valence-electron chi connectivity index (χ4n) is 3.66. The van der Waals surface area contributed by atoms with Crippen LogP contribution in [0.2, 0.25) is 0 Å². The summed E-state index contributed by atoms with van der Waals surface area (Å²) in [5.41, 5.74) is 4.11. The van der Waals surface area contributed by atoms with Crippen LogP contribution in [0.4, 0.5) is 11.4 Å². The summed E-state index contributed by atoms with van der Waals surface area (Å²) in [6.45, 7) is 5.84. The number of amides is 1. The molecule has 0 saturated heterocycles. The average Bonchev–Trinajstić information content (AvgIpc) is 2.78. The smallest absolute Gasteiger partial charge is 0.340 e. The van der Waals surface area contributed by atoms with Gasteiger partial charge >= 0.3 is 5.97 Å². The molecule has 1 N–H and O–H groups in total. The lowest BCUT2D eigenvalue weighted by molar-refractivity contribution is 0.0527. The van der Waals surface area contributed by atoms with Crippen LogP contribution in [0.1, 0.15) is 44.3 Å². The van der Waals surface area contributed by atoms with Gasteiger partial charge in [0.25, 0.3) is 5.91 Å². The first-order valence-electron chi connectivity index (χ1n) is 10.8. The van der Waals surface area contributed by atoms with Crippen molar-refractivity contribution in [2.45, 2.75) is 27.3 Å². The molecule has 7 nitrogen and oxygen atoms in total. The highest BCUT2D eigenvalue weighted by molar-refractivity contribution is 7.92. The SMILES string of the molecule is CCOC(=O)c1ccccc1NC(=O)c1ccc(CN(c2c(C)cccc2C)S(C)(=O)=O)cc1. The Hall–Kier alpha value is -3.65. The van der Waals surface area contributed by atoms with Gasteiger partial charge in [-0.25, -0.2) is 13.2 Å². The number of benzene rings is 3. The zero-order chi connectivity index (χ0) is 24.9. The van der Waals surface area contributed by atoms with E-state index in [1.165, 1.54) is 10.6 Å². The van der Waals surface area contributed by atoms with Gasteiger partial charge in [-0.3, -0.25) is 9.10 Å². The zero-order valence-electron chi connectivity index (χ0n) is 19.7. The molecule has 0 bridgehead atoms. The van der Waals surface area contributed by atoms with Crippen molar-refractivity contribution in [1.29, 1.82) is 0 Å². The zero-order valence-corrected chi connectivity index (χ0v) is 20.5. The Balaban J connectivity index is 1.81. The van der Waals surface area contributed by atoms with Gasteiger partial charge in [0.15, 0.2) is 0 Å². The van der Waals surface area contributed by atoms with Gasteiger partial charge in [-0.2, -0.15) is 0 Å². The first-order valence-corrected chi connectivity index (χ1v) is 12.7. The summed E-state index contributed by atoms with van der Waals surface area (Å²) in [6.07, 6.45) is 1.18. The van der Waals surface area contributed by atoms with E-state index >= 15 is 0 Å². The molecule has 0 heterocycles. The molecule has 8 heteroatoms. The fraction of sp³-hybridized carbons (Fsp3) is 0.231. The van der Waals surface area contributed by atoms with Crippen LogP contribution < -0.4 is 9.62 Å². The molecular weight excluding hydrogens is 452 g/mol. The number of nitrogens with zero attached hydrogens (tertiary/aromatic N) is 1. The predicted octanol–water partition coefficient (Wildman–Crippen LogP) is 4.70. The molecule has 0 saturated carbocycles. The largest absolute Gasteiger partial charge is 0.462 e. The minimum Gasteiger partial charge on any atom is -0.462 e. The maximum absolute atomic E-state index is 12.8. The molecule has 3 aromatic carbocycles. The quantitative estimate of drug-likeness (QED) is 0.472. The highest BCUT2D eigenvalue weighted by Crippen LogP contribution is 2.28. The minimum absolute atomic E-state index is 0.137. The van der Waals surface area contributed by atoms with Crippen LogP contribution in [0.15, 0.2) is 66.7 Å². The minimum atomic E-state index is -3.54. The maximum Gasteiger partial charge on any atom is 0.340 e. The molecule has 3 aromatic rings. The average molecular weight is 481 g/mol. The van der Waals surface area contributed by atoms with Crippen LogP contribution in [-0.2, 0) is 21.3 Å². The topological polar surface area (TPSA) is 92.8 Å². The molecule has 178 valence electrons. The van der Waals surface area contributed by atoms with Crippen LogP contribution in [0, 0.1) is 13.8 Å². The summed E-state index contributed by atoms with van der Waals surface area (Å²) in [4.78, 5) is 24.9. The molecule has 0 aliphatic rings. The number of rotatable bonds is 8. The number of ether oxygens (including phenoxy) is 1. The van der Waals surface area contributed by atoms with Crippen molar-refractivity contribution in [2.75, 3.05) is 22.5 Å². The molecule has 3 rings (SSSR count). The lowest BCUT2D eigenvalue weighted by Crippen LogP contribution is -2.30. The number of nitrogens with one attached hydrogen (secondary N) is 1. The van der Waals surface area contributed by atoms with E-state index in [4.69, 9.17) is 4.74 Å². The normalized spacial score (nSPS) is 11.1. The molecule has 0 radical (unpaired) electrons. The Kier molecular flexibility index (Phi) is 7.73. The Morgan fingerprint density at radius 3 is 2.12 bits per heavy atom. The molecule has 0 unspecified atom stereocenters. The van der Waals surface area contributed by atoms with Crippen molar-refractivity contribution in [3.8, 4) is 0 Å². The van der Waals surface area contributed by atoms with Crippen molar-refractivity contribution in [3.05, 3.63) is 94.5 Å². The van der Waals surface area contributed by atoms with Crippen LogP contribution in [-0.4, -0.2) is 33.2 Å². The highest BCUT2D eigenvalue weighted by atomic mass is 32.2. The second kappa shape index (κ2) is 10.5. The van der Waals surface area contributed by atoms with E-state index in [0.29, 0.717) is 16.9 Å². The van der Waals surface area contributed by atoms with E-state index < -0.39 is 21.9 Å². The van der Waals surface area contributed by atoms with Gasteiger partial charge in [-0.05, 0) is 61.7 Å². The van der Waals surface area contributed by atoms with E-state index in [0.717, 1.165) is 16.7 Å². The Morgan fingerprint density at radius 2 is 1.53 bits per heavy atom. The molecular formula is C26H28N2O5S. The lowest BCUT2D eigenvalue weighted by Gasteiger charge is -2.26. The van der Waals surface area contributed by atoms with Crippen molar-refractivity contribution in [1.82, 2.24) is 0 Å². The Bertz CT molecular complexity index is 1280. The molecule has 0 atom stereocenters. The monoisotopic (exact) mass is 480 g/mol. The molecule has 1 amide bonds. The van der Waals surface area contributed by atoms with Crippen LogP contribution in [0.3, 0.4) is 0 Å². The lowest BCUT2D eigenvalue weighted by atomic mass is 10.1. The first-order chi connectivity index (χ1) is 16.1. The number of carbonyl (C=O) groups is 2. The number of carbonyl (C=O) groups excluding carboxylic acids is 2. The van der Waals surface area contributed by atoms with Crippen molar-refractivity contribution in [2.24, 2.45) is 0 Å². The number of hydrogen-bond acceptors (Lipinski definition) is 5. The third-order valence-electron chi connectivity index (χ3n) is 5.30. The predicted molar refractivity (Wildman–Crippen MR) is 134 cm³/mol. The van der Waals surface area contributed by atoms with Gasteiger partial charge in [0.1, 0.15) is 0 Å². The molecule has 0 fully saturated rings. The Morgan fingerprint density at radius 1 is 0.912 bits per heavy atom.